The Morgan fingerprint density at radius 3 is 2.73 bits per heavy atom. The van der Waals surface area contributed by atoms with Crippen LogP contribution in [0.1, 0.15) is 24.0 Å². The van der Waals surface area contributed by atoms with Gasteiger partial charge in [-0.2, -0.15) is 4.31 Å². The Bertz CT molecular complexity index is 627. The third-order valence-electron chi connectivity index (χ3n) is 4.18. The van der Waals surface area contributed by atoms with Crippen LogP contribution in [0.25, 0.3) is 0 Å². The first kappa shape index (κ1) is 17.2. The number of sulfonamides is 1. The van der Waals surface area contributed by atoms with E-state index in [0.717, 1.165) is 30.5 Å². The molecule has 0 saturated carbocycles. The van der Waals surface area contributed by atoms with Crippen LogP contribution >= 0.6 is 0 Å². The van der Waals surface area contributed by atoms with Gasteiger partial charge in [-0.05, 0) is 63.4 Å². The minimum Gasteiger partial charge on any atom is -0.495 e. The molecule has 1 heterocycles. The van der Waals surface area contributed by atoms with Crippen molar-refractivity contribution in [3.63, 3.8) is 0 Å². The van der Waals surface area contributed by atoms with Gasteiger partial charge in [-0.15, -0.1) is 0 Å². The summed E-state index contributed by atoms with van der Waals surface area (Å²) in [4.78, 5) is 0.289. The molecule has 0 aromatic heterocycles. The van der Waals surface area contributed by atoms with Crippen LogP contribution in [0.2, 0.25) is 0 Å². The first-order valence-corrected chi connectivity index (χ1v) is 9.14. The topological polar surface area (TPSA) is 58.6 Å². The Kier molecular flexibility index (Phi) is 5.47. The van der Waals surface area contributed by atoms with Gasteiger partial charge in [0.1, 0.15) is 10.6 Å². The molecule has 5 nitrogen and oxygen atoms in total. The van der Waals surface area contributed by atoms with E-state index in [1.807, 2.05) is 27.0 Å². The van der Waals surface area contributed by atoms with E-state index < -0.39 is 10.0 Å². The molecule has 1 aliphatic heterocycles. The molecular weight excluding hydrogens is 300 g/mol. The molecule has 1 N–H and O–H groups in total. The summed E-state index contributed by atoms with van der Waals surface area (Å²) in [6.07, 6.45) is 1.97. The maximum absolute atomic E-state index is 13.0. The quantitative estimate of drug-likeness (QED) is 0.898. The SMILES string of the molecule is CNCC1CCCN(S(=O)(=O)c2cc(C)cc(C)c2OC)C1. The average molecular weight is 326 g/mol. The fraction of sp³-hybridized carbons (Fsp3) is 0.625. The van der Waals surface area contributed by atoms with E-state index in [9.17, 15) is 8.42 Å². The highest BCUT2D eigenvalue weighted by atomic mass is 32.2. The largest absolute Gasteiger partial charge is 0.495 e. The van der Waals surface area contributed by atoms with Gasteiger partial charge < -0.3 is 10.1 Å². The normalized spacial score (nSPS) is 20.1. The zero-order valence-electron chi connectivity index (χ0n) is 13.8. The van der Waals surface area contributed by atoms with Crippen LogP contribution in [0, 0.1) is 19.8 Å². The van der Waals surface area contributed by atoms with Crippen molar-refractivity contribution >= 4 is 10.0 Å². The van der Waals surface area contributed by atoms with Gasteiger partial charge in [0.05, 0.1) is 7.11 Å². The summed E-state index contributed by atoms with van der Waals surface area (Å²) in [7, 11) is -0.0928. The van der Waals surface area contributed by atoms with Gasteiger partial charge >= 0.3 is 0 Å². The molecule has 1 unspecified atom stereocenters. The fourth-order valence-electron chi connectivity index (χ4n) is 3.21. The Hall–Kier alpha value is -1.11. The van der Waals surface area contributed by atoms with E-state index in [2.05, 4.69) is 5.32 Å². The van der Waals surface area contributed by atoms with Gasteiger partial charge in [0, 0.05) is 13.1 Å². The molecular formula is C16H26N2O3S. The highest BCUT2D eigenvalue weighted by Gasteiger charge is 2.32. The van der Waals surface area contributed by atoms with Crippen molar-refractivity contribution in [2.75, 3.05) is 33.8 Å². The fourth-order valence-corrected chi connectivity index (χ4v) is 5.08. The molecule has 1 saturated heterocycles. The van der Waals surface area contributed by atoms with Gasteiger partial charge in [0.15, 0.2) is 0 Å². The first-order valence-electron chi connectivity index (χ1n) is 7.70. The molecule has 0 radical (unpaired) electrons. The van der Waals surface area contributed by atoms with Crippen LogP contribution in [-0.2, 0) is 10.0 Å². The number of methoxy groups -OCH3 is 1. The van der Waals surface area contributed by atoms with Crippen molar-refractivity contribution < 1.29 is 13.2 Å². The number of nitrogens with zero attached hydrogens (tertiary/aromatic N) is 1. The van der Waals surface area contributed by atoms with E-state index in [1.54, 1.807) is 10.4 Å². The molecule has 1 aromatic rings. The zero-order valence-corrected chi connectivity index (χ0v) is 14.7. The Balaban J connectivity index is 2.38. The van der Waals surface area contributed by atoms with Crippen LogP contribution in [0.5, 0.6) is 5.75 Å². The lowest BCUT2D eigenvalue weighted by Crippen LogP contribution is -2.42. The summed E-state index contributed by atoms with van der Waals surface area (Å²) in [5, 5.41) is 3.14. The third-order valence-corrected chi connectivity index (χ3v) is 6.05. The molecule has 6 heteroatoms. The Labute approximate surface area is 133 Å². The number of piperidine rings is 1. The van der Waals surface area contributed by atoms with E-state index >= 15 is 0 Å². The van der Waals surface area contributed by atoms with Crippen LogP contribution in [-0.4, -0.2) is 46.5 Å². The molecule has 0 amide bonds. The smallest absolute Gasteiger partial charge is 0.246 e. The van der Waals surface area contributed by atoms with E-state index in [1.165, 1.54) is 7.11 Å². The second kappa shape index (κ2) is 6.98. The van der Waals surface area contributed by atoms with Crippen molar-refractivity contribution in [2.45, 2.75) is 31.6 Å². The second-order valence-electron chi connectivity index (χ2n) is 6.04. The number of aryl methyl sites for hydroxylation is 2. The third kappa shape index (κ3) is 3.45. The van der Waals surface area contributed by atoms with Crippen molar-refractivity contribution in [3.05, 3.63) is 23.3 Å². The summed E-state index contributed by atoms with van der Waals surface area (Å²) in [5.41, 5.74) is 1.78. The number of hydrogen-bond acceptors (Lipinski definition) is 4. The minimum atomic E-state index is -3.52. The summed E-state index contributed by atoms with van der Waals surface area (Å²) >= 11 is 0. The molecule has 1 aliphatic rings. The minimum absolute atomic E-state index is 0.289. The monoisotopic (exact) mass is 326 g/mol. The lowest BCUT2D eigenvalue weighted by atomic mass is 10.00. The second-order valence-corrected chi connectivity index (χ2v) is 7.95. The molecule has 1 atom stereocenters. The lowest BCUT2D eigenvalue weighted by molar-refractivity contribution is 0.262. The van der Waals surface area contributed by atoms with Crippen molar-refractivity contribution in [1.29, 1.82) is 0 Å². The molecule has 2 rings (SSSR count). The van der Waals surface area contributed by atoms with E-state index in [4.69, 9.17) is 4.74 Å². The summed E-state index contributed by atoms with van der Waals surface area (Å²) in [5.74, 6) is 0.826. The molecule has 22 heavy (non-hydrogen) atoms. The number of hydrogen-bond donors (Lipinski definition) is 1. The van der Waals surface area contributed by atoms with Gasteiger partial charge in [-0.25, -0.2) is 8.42 Å². The highest BCUT2D eigenvalue weighted by molar-refractivity contribution is 7.89. The van der Waals surface area contributed by atoms with Crippen LogP contribution in [0.4, 0.5) is 0 Å². The van der Waals surface area contributed by atoms with E-state index in [-0.39, 0.29) is 4.90 Å². The molecule has 0 spiro atoms. The van der Waals surface area contributed by atoms with Crippen molar-refractivity contribution in [1.82, 2.24) is 9.62 Å². The summed E-state index contributed by atoms with van der Waals surface area (Å²) in [6.45, 7) is 5.78. The van der Waals surface area contributed by atoms with Gasteiger partial charge in [0.2, 0.25) is 10.0 Å². The molecule has 0 aliphatic carbocycles. The standard InChI is InChI=1S/C16H26N2O3S/c1-12-8-13(2)16(21-4)15(9-12)22(19,20)18-7-5-6-14(11-18)10-17-3/h8-9,14,17H,5-7,10-11H2,1-4H3. The van der Waals surface area contributed by atoms with Gasteiger partial charge in [0.25, 0.3) is 0 Å². The van der Waals surface area contributed by atoms with Crippen LogP contribution in [0.15, 0.2) is 17.0 Å². The Morgan fingerprint density at radius 2 is 2.09 bits per heavy atom. The lowest BCUT2D eigenvalue weighted by Gasteiger charge is -2.32. The zero-order chi connectivity index (χ0) is 16.3. The maximum Gasteiger partial charge on any atom is 0.246 e. The van der Waals surface area contributed by atoms with Gasteiger partial charge in [-0.1, -0.05) is 6.07 Å². The van der Waals surface area contributed by atoms with Crippen LogP contribution < -0.4 is 10.1 Å². The van der Waals surface area contributed by atoms with E-state index in [0.29, 0.717) is 24.8 Å². The van der Waals surface area contributed by atoms with Crippen molar-refractivity contribution in [2.24, 2.45) is 5.92 Å². The highest BCUT2D eigenvalue weighted by Crippen LogP contribution is 2.33. The number of nitrogens with one attached hydrogen (secondary N) is 1. The molecule has 0 bridgehead atoms. The predicted molar refractivity (Wildman–Crippen MR) is 87.9 cm³/mol. The number of rotatable bonds is 5. The maximum atomic E-state index is 13.0. The van der Waals surface area contributed by atoms with Crippen molar-refractivity contribution in [3.8, 4) is 5.75 Å². The Morgan fingerprint density at radius 1 is 1.36 bits per heavy atom. The molecule has 124 valence electrons. The summed E-state index contributed by atoms with van der Waals surface area (Å²) in [6, 6.07) is 3.65. The molecule has 1 fully saturated rings. The average Bonchev–Trinajstić information content (AvgIpc) is 2.47. The summed E-state index contributed by atoms with van der Waals surface area (Å²) < 4.78 is 33.1. The van der Waals surface area contributed by atoms with Gasteiger partial charge in [-0.3, -0.25) is 0 Å². The van der Waals surface area contributed by atoms with Crippen LogP contribution in [0.3, 0.4) is 0 Å². The molecule has 1 aromatic carbocycles. The number of ether oxygens (including phenoxy) is 1. The number of benzene rings is 1. The first-order chi connectivity index (χ1) is 10.4. The predicted octanol–water partition coefficient (Wildman–Crippen LogP) is 1.93.